The first-order valence-electron chi connectivity index (χ1n) is 8.99. The quantitative estimate of drug-likeness (QED) is 0.691. The van der Waals surface area contributed by atoms with Crippen molar-refractivity contribution < 1.29 is 22.3 Å². The third kappa shape index (κ3) is 5.45. The zero-order valence-electron chi connectivity index (χ0n) is 16.2. The van der Waals surface area contributed by atoms with E-state index in [-0.39, 0.29) is 16.6 Å². The lowest BCUT2D eigenvalue weighted by atomic mass is 10.2. The number of anilines is 1. The van der Waals surface area contributed by atoms with Crippen molar-refractivity contribution in [3.05, 3.63) is 54.3 Å². The second kappa shape index (κ2) is 9.54. The van der Waals surface area contributed by atoms with E-state index in [1.807, 2.05) is 13.8 Å². The fourth-order valence-electron chi connectivity index (χ4n) is 2.75. The number of rotatable bonds is 9. The van der Waals surface area contributed by atoms with Crippen molar-refractivity contribution >= 4 is 21.6 Å². The predicted molar refractivity (Wildman–Crippen MR) is 106 cm³/mol. The summed E-state index contributed by atoms with van der Waals surface area (Å²) in [4.78, 5) is 12.5. The highest BCUT2D eigenvalue weighted by Crippen LogP contribution is 2.25. The average Bonchev–Trinajstić information content (AvgIpc) is 2.67. The molecule has 0 aliphatic heterocycles. The number of benzene rings is 2. The van der Waals surface area contributed by atoms with Crippen LogP contribution in [0.2, 0.25) is 0 Å². The van der Waals surface area contributed by atoms with Crippen molar-refractivity contribution in [1.82, 2.24) is 5.32 Å². The van der Waals surface area contributed by atoms with Crippen molar-refractivity contribution in [2.24, 2.45) is 0 Å². The first-order chi connectivity index (χ1) is 13.3. The van der Waals surface area contributed by atoms with Crippen LogP contribution >= 0.6 is 0 Å². The molecule has 152 valence electrons. The maximum atomic E-state index is 13.3. The molecule has 0 spiro atoms. The molecule has 0 aromatic heterocycles. The van der Waals surface area contributed by atoms with E-state index in [1.165, 1.54) is 43.5 Å². The van der Waals surface area contributed by atoms with Crippen LogP contribution in [0.25, 0.3) is 0 Å². The van der Waals surface area contributed by atoms with Crippen molar-refractivity contribution in [3.8, 4) is 5.75 Å². The number of carbonyl (C=O) groups is 1. The molecule has 0 saturated heterocycles. The second-order valence-electron chi connectivity index (χ2n) is 6.42. The highest BCUT2D eigenvalue weighted by atomic mass is 32.2. The molecule has 6 nitrogen and oxygen atoms in total. The van der Waals surface area contributed by atoms with Gasteiger partial charge in [0.2, 0.25) is 5.91 Å². The number of nitrogens with zero attached hydrogens (tertiary/aromatic N) is 1. The summed E-state index contributed by atoms with van der Waals surface area (Å²) in [6, 6.07) is 10.8. The Hall–Kier alpha value is -2.61. The molecular weight excluding hydrogens is 383 g/mol. The molecule has 0 unspecified atom stereocenters. The molecule has 0 bridgehead atoms. The van der Waals surface area contributed by atoms with Gasteiger partial charge in [-0.3, -0.25) is 9.10 Å². The van der Waals surface area contributed by atoms with Crippen molar-refractivity contribution in [1.29, 1.82) is 0 Å². The predicted octanol–water partition coefficient (Wildman–Crippen LogP) is 3.33. The molecule has 0 heterocycles. The molecule has 0 fully saturated rings. The number of hydrogen-bond acceptors (Lipinski definition) is 4. The number of carbonyl (C=O) groups excluding carboxylic acids is 1. The normalized spacial score (nSPS) is 12.3. The van der Waals surface area contributed by atoms with Gasteiger partial charge in [0.05, 0.1) is 17.7 Å². The Morgan fingerprint density at radius 3 is 2.29 bits per heavy atom. The van der Waals surface area contributed by atoms with Gasteiger partial charge in [-0.2, -0.15) is 0 Å². The minimum Gasteiger partial charge on any atom is -0.497 e. The summed E-state index contributed by atoms with van der Waals surface area (Å²) in [6.45, 7) is 3.46. The number of halogens is 1. The molecule has 28 heavy (non-hydrogen) atoms. The largest absolute Gasteiger partial charge is 0.497 e. The van der Waals surface area contributed by atoms with Gasteiger partial charge < -0.3 is 10.1 Å². The third-order valence-corrected chi connectivity index (χ3v) is 5.97. The standard InChI is InChI=1S/C20H25FN2O4S/c1-4-5-15(2)22-20(24)14-23(17-8-6-16(21)7-9-17)28(25,26)19-12-10-18(27-3)11-13-19/h6-13,15H,4-5,14H2,1-3H3,(H,22,24)/t15-/m0/s1. The second-order valence-corrected chi connectivity index (χ2v) is 8.28. The molecule has 2 aromatic carbocycles. The van der Waals surface area contributed by atoms with Crippen molar-refractivity contribution in [2.75, 3.05) is 18.0 Å². The van der Waals surface area contributed by atoms with E-state index in [4.69, 9.17) is 4.74 Å². The van der Waals surface area contributed by atoms with E-state index in [0.29, 0.717) is 5.75 Å². The first-order valence-corrected chi connectivity index (χ1v) is 10.4. The number of sulfonamides is 1. The molecule has 2 aromatic rings. The van der Waals surface area contributed by atoms with Gasteiger partial charge in [0.25, 0.3) is 10.0 Å². The summed E-state index contributed by atoms with van der Waals surface area (Å²) < 4.78 is 45.7. The smallest absolute Gasteiger partial charge is 0.264 e. The maximum Gasteiger partial charge on any atom is 0.264 e. The number of methoxy groups -OCH3 is 1. The first kappa shape index (κ1) is 21.7. The zero-order chi connectivity index (χ0) is 20.7. The Balaban J connectivity index is 2.36. The van der Waals surface area contributed by atoms with Crippen LogP contribution in [-0.2, 0) is 14.8 Å². The van der Waals surface area contributed by atoms with Crippen molar-refractivity contribution in [2.45, 2.75) is 37.6 Å². The number of nitrogens with one attached hydrogen (secondary N) is 1. The lowest BCUT2D eigenvalue weighted by molar-refractivity contribution is -0.120. The lowest BCUT2D eigenvalue weighted by Gasteiger charge is -2.25. The lowest BCUT2D eigenvalue weighted by Crippen LogP contribution is -2.43. The number of amides is 1. The van der Waals surface area contributed by atoms with E-state index in [9.17, 15) is 17.6 Å². The van der Waals surface area contributed by atoms with Crippen LogP contribution in [0.4, 0.5) is 10.1 Å². The van der Waals surface area contributed by atoms with Gasteiger partial charge in [0.15, 0.2) is 0 Å². The Kier molecular flexibility index (Phi) is 7.39. The van der Waals surface area contributed by atoms with E-state index >= 15 is 0 Å². The Bertz CT molecular complexity index is 883. The van der Waals surface area contributed by atoms with E-state index in [2.05, 4.69) is 5.32 Å². The summed E-state index contributed by atoms with van der Waals surface area (Å²) in [6.07, 6.45) is 1.68. The molecule has 0 aliphatic carbocycles. The van der Waals surface area contributed by atoms with Crippen LogP contribution in [0, 0.1) is 5.82 Å². The van der Waals surface area contributed by atoms with Crippen LogP contribution in [0.1, 0.15) is 26.7 Å². The summed E-state index contributed by atoms with van der Waals surface area (Å²) in [5.74, 6) is -0.410. The van der Waals surface area contributed by atoms with E-state index in [0.717, 1.165) is 29.3 Å². The van der Waals surface area contributed by atoms with Crippen LogP contribution in [0.5, 0.6) is 5.75 Å². The van der Waals surface area contributed by atoms with E-state index < -0.39 is 28.3 Å². The van der Waals surface area contributed by atoms with Crippen LogP contribution in [0.15, 0.2) is 53.4 Å². The van der Waals surface area contributed by atoms with Gasteiger partial charge in [0, 0.05) is 6.04 Å². The highest BCUT2D eigenvalue weighted by Gasteiger charge is 2.27. The molecule has 0 aliphatic rings. The van der Waals surface area contributed by atoms with Crippen LogP contribution in [0.3, 0.4) is 0 Å². The number of ether oxygens (including phenoxy) is 1. The van der Waals surface area contributed by atoms with Gasteiger partial charge in [-0.1, -0.05) is 13.3 Å². The monoisotopic (exact) mass is 408 g/mol. The van der Waals surface area contributed by atoms with Gasteiger partial charge >= 0.3 is 0 Å². The SMILES string of the molecule is CCC[C@H](C)NC(=O)CN(c1ccc(F)cc1)S(=O)(=O)c1ccc(OC)cc1. The van der Waals surface area contributed by atoms with Gasteiger partial charge in [0.1, 0.15) is 18.1 Å². The molecule has 1 atom stereocenters. The summed E-state index contributed by atoms with van der Waals surface area (Å²) >= 11 is 0. The summed E-state index contributed by atoms with van der Waals surface area (Å²) in [5.41, 5.74) is 0.204. The minimum absolute atomic E-state index is 0.00651. The van der Waals surface area contributed by atoms with Crippen LogP contribution in [-0.4, -0.2) is 34.0 Å². The fraction of sp³-hybridized carbons (Fsp3) is 0.350. The molecule has 2 rings (SSSR count). The highest BCUT2D eigenvalue weighted by molar-refractivity contribution is 7.92. The van der Waals surface area contributed by atoms with Crippen LogP contribution < -0.4 is 14.4 Å². The number of hydrogen-bond donors (Lipinski definition) is 1. The zero-order valence-corrected chi connectivity index (χ0v) is 17.0. The van der Waals surface area contributed by atoms with Gasteiger partial charge in [-0.25, -0.2) is 12.8 Å². The Morgan fingerprint density at radius 2 is 1.75 bits per heavy atom. The average molecular weight is 408 g/mol. The van der Waals surface area contributed by atoms with Gasteiger partial charge in [-0.15, -0.1) is 0 Å². The molecule has 1 amide bonds. The Labute approximate surface area is 165 Å². The topological polar surface area (TPSA) is 75.7 Å². The molecule has 1 N–H and O–H groups in total. The summed E-state index contributed by atoms with van der Waals surface area (Å²) in [5, 5.41) is 2.80. The van der Waals surface area contributed by atoms with Gasteiger partial charge in [-0.05, 0) is 61.9 Å². The molecule has 8 heteroatoms. The minimum atomic E-state index is -4.04. The molecule has 0 radical (unpaired) electrons. The molecular formula is C20H25FN2O4S. The fourth-order valence-corrected chi connectivity index (χ4v) is 4.17. The molecule has 0 saturated carbocycles. The summed E-state index contributed by atoms with van der Waals surface area (Å²) in [7, 11) is -2.56. The Morgan fingerprint density at radius 1 is 1.14 bits per heavy atom. The van der Waals surface area contributed by atoms with Crippen molar-refractivity contribution in [3.63, 3.8) is 0 Å². The maximum absolute atomic E-state index is 13.3. The van der Waals surface area contributed by atoms with E-state index in [1.54, 1.807) is 0 Å². The third-order valence-electron chi connectivity index (χ3n) is 4.18.